The average Bonchev–Trinajstić information content (AvgIpc) is 3.53. The number of fused-ring (bicyclic) bond motifs is 3. The average molecular weight is 505 g/mol. The van der Waals surface area contributed by atoms with Gasteiger partial charge in [-0.1, -0.05) is 67.4 Å². The second-order valence-electron chi connectivity index (χ2n) is 10.3. The minimum absolute atomic E-state index is 0.0874. The maximum absolute atomic E-state index is 12.1. The number of pyridine rings is 1. The summed E-state index contributed by atoms with van der Waals surface area (Å²) in [6, 6.07) is 22.9. The van der Waals surface area contributed by atoms with Crippen LogP contribution in [0.25, 0.3) is 27.5 Å². The minimum Gasteiger partial charge on any atom is -0.489 e. The van der Waals surface area contributed by atoms with Gasteiger partial charge in [0.25, 0.3) is 0 Å². The SMILES string of the molecule is CCOC(=O)Cc1ccccc1OCC1=CC2(CCCC2)c2ccc(-c3cccc4c(N)nccc34)cc21. The third-order valence-electron chi connectivity index (χ3n) is 7.99. The molecule has 5 heteroatoms. The van der Waals surface area contributed by atoms with E-state index in [1.54, 1.807) is 6.20 Å². The number of carbonyl (C=O) groups excluding carboxylic acids is 1. The number of carbonyl (C=O) groups is 1. The van der Waals surface area contributed by atoms with E-state index in [2.05, 4.69) is 35.3 Å². The van der Waals surface area contributed by atoms with Gasteiger partial charge in [-0.2, -0.15) is 0 Å². The largest absolute Gasteiger partial charge is 0.489 e. The van der Waals surface area contributed by atoms with Crippen LogP contribution in [-0.2, 0) is 21.4 Å². The van der Waals surface area contributed by atoms with Crippen LogP contribution < -0.4 is 10.5 Å². The molecule has 5 nitrogen and oxygen atoms in total. The number of allylic oxidation sites excluding steroid dienone is 1. The highest BCUT2D eigenvalue weighted by molar-refractivity contribution is 6.01. The number of aromatic nitrogens is 1. The molecular weight excluding hydrogens is 472 g/mol. The molecule has 192 valence electrons. The van der Waals surface area contributed by atoms with Crippen LogP contribution in [0.1, 0.15) is 49.3 Å². The lowest BCUT2D eigenvalue weighted by Crippen LogP contribution is -2.16. The van der Waals surface area contributed by atoms with Gasteiger partial charge in [0, 0.05) is 22.6 Å². The molecule has 0 amide bonds. The molecule has 0 saturated heterocycles. The standard InChI is InChI=1S/C33H32N2O3/c1-2-37-31(36)19-23-8-3-4-11-30(23)38-21-24-20-33(15-5-6-16-33)29-13-12-22(18-28(24)29)25-9-7-10-27-26(25)14-17-35-32(27)34/h3-4,7-14,17-18,20H,2,5-6,15-16,19,21H2,1H3,(H2,34,35). The summed E-state index contributed by atoms with van der Waals surface area (Å²) < 4.78 is 11.6. The first-order valence-corrected chi connectivity index (χ1v) is 13.4. The summed E-state index contributed by atoms with van der Waals surface area (Å²) in [5.74, 6) is 1.03. The predicted molar refractivity (Wildman–Crippen MR) is 152 cm³/mol. The number of nitrogens with two attached hydrogens (primary N) is 1. The Bertz CT molecular complexity index is 1550. The molecule has 6 rings (SSSR count). The number of ether oxygens (including phenoxy) is 2. The van der Waals surface area contributed by atoms with Crippen molar-refractivity contribution in [3.8, 4) is 16.9 Å². The lowest BCUT2D eigenvalue weighted by Gasteiger charge is -2.23. The molecule has 4 aromatic rings. The first-order chi connectivity index (χ1) is 18.6. The molecule has 1 saturated carbocycles. The summed E-state index contributed by atoms with van der Waals surface area (Å²) in [4.78, 5) is 16.4. The molecule has 1 aromatic heterocycles. The lowest BCUT2D eigenvalue weighted by atomic mass is 9.80. The maximum Gasteiger partial charge on any atom is 0.310 e. The fourth-order valence-electron chi connectivity index (χ4n) is 6.23. The van der Waals surface area contributed by atoms with Gasteiger partial charge in [0.1, 0.15) is 18.2 Å². The zero-order chi connectivity index (χ0) is 26.1. The third-order valence-corrected chi connectivity index (χ3v) is 7.99. The number of esters is 1. The summed E-state index contributed by atoms with van der Waals surface area (Å²) in [5.41, 5.74) is 13.3. The molecular formula is C33H32N2O3. The zero-order valence-corrected chi connectivity index (χ0v) is 21.7. The van der Waals surface area contributed by atoms with Gasteiger partial charge in [0.05, 0.1) is 13.0 Å². The smallest absolute Gasteiger partial charge is 0.310 e. The predicted octanol–water partition coefficient (Wildman–Crippen LogP) is 6.88. The number of benzene rings is 3. The number of anilines is 1. The fourth-order valence-corrected chi connectivity index (χ4v) is 6.23. The summed E-state index contributed by atoms with van der Waals surface area (Å²) in [7, 11) is 0. The molecule has 0 radical (unpaired) electrons. The van der Waals surface area contributed by atoms with E-state index in [-0.39, 0.29) is 17.8 Å². The normalized spacial score (nSPS) is 15.4. The Kier molecular flexibility index (Phi) is 6.36. The Balaban J connectivity index is 1.35. The minimum atomic E-state index is -0.241. The molecule has 1 spiro atoms. The quantitative estimate of drug-likeness (QED) is 0.278. The van der Waals surface area contributed by atoms with E-state index in [9.17, 15) is 4.79 Å². The Hall–Kier alpha value is -4.12. The monoisotopic (exact) mass is 504 g/mol. The summed E-state index contributed by atoms with van der Waals surface area (Å²) in [5, 5.41) is 2.07. The second-order valence-corrected chi connectivity index (χ2v) is 10.3. The Morgan fingerprint density at radius 2 is 1.82 bits per heavy atom. The van der Waals surface area contributed by atoms with Crippen molar-refractivity contribution in [3.05, 3.63) is 95.7 Å². The van der Waals surface area contributed by atoms with Crippen molar-refractivity contribution >= 4 is 28.1 Å². The van der Waals surface area contributed by atoms with Crippen molar-refractivity contribution in [1.82, 2.24) is 4.98 Å². The third kappa shape index (κ3) is 4.32. The first kappa shape index (κ1) is 24.2. The van der Waals surface area contributed by atoms with Crippen LogP contribution in [0.2, 0.25) is 0 Å². The van der Waals surface area contributed by atoms with Crippen LogP contribution in [0.3, 0.4) is 0 Å². The van der Waals surface area contributed by atoms with Crippen LogP contribution in [-0.4, -0.2) is 24.2 Å². The molecule has 0 unspecified atom stereocenters. The number of para-hydroxylation sites is 1. The zero-order valence-electron chi connectivity index (χ0n) is 21.7. The molecule has 0 atom stereocenters. The van der Waals surface area contributed by atoms with Crippen molar-refractivity contribution in [2.24, 2.45) is 0 Å². The maximum atomic E-state index is 12.1. The molecule has 2 aliphatic rings. The summed E-state index contributed by atoms with van der Waals surface area (Å²) in [6.07, 6.45) is 9.24. The second kappa shape index (κ2) is 9.97. The van der Waals surface area contributed by atoms with Crippen LogP contribution in [0, 0.1) is 0 Å². The first-order valence-electron chi connectivity index (χ1n) is 13.4. The van der Waals surface area contributed by atoms with Gasteiger partial charge in [-0.25, -0.2) is 4.98 Å². The fraction of sp³-hybridized carbons (Fsp3) is 0.273. The number of hydrogen-bond acceptors (Lipinski definition) is 5. The van der Waals surface area contributed by atoms with E-state index in [0.29, 0.717) is 19.0 Å². The number of nitrogens with zero attached hydrogens (tertiary/aromatic N) is 1. The van der Waals surface area contributed by atoms with Crippen molar-refractivity contribution in [2.75, 3.05) is 18.9 Å². The Morgan fingerprint density at radius 1 is 0.974 bits per heavy atom. The van der Waals surface area contributed by atoms with Crippen LogP contribution in [0.5, 0.6) is 5.75 Å². The molecule has 1 fully saturated rings. The number of rotatable bonds is 7. The van der Waals surface area contributed by atoms with Gasteiger partial charge in [0.15, 0.2) is 0 Å². The molecule has 1 heterocycles. The van der Waals surface area contributed by atoms with Gasteiger partial charge in [-0.3, -0.25) is 4.79 Å². The van der Waals surface area contributed by atoms with Gasteiger partial charge < -0.3 is 15.2 Å². The lowest BCUT2D eigenvalue weighted by molar-refractivity contribution is -0.142. The van der Waals surface area contributed by atoms with E-state index >= 15 is 0 Å². The Morgan fingerprint density at radius 3 is 2.66 bits per heavy atom. The summed E-state index contributed by atoms with van der Waals surface area (Å²) in [6.45, 7) is 2.64. The topological polar surface area (TPSA) is 74.4 Å². The van der Waals surface area contributed by atoms with Gasteiger partial charge >= 0.3 is 5.97 Å². The van der Waals surface area contributed by atoms with Crippen molar-refractivity contribution in [1.29, 1.82) is 0 Å². The van der Waals surface area contributed by atoms with Crippen LogP contribution >= 0.6 is 0 Å². The van der Waals surface area contributed by atoms with Crippen molar-refractivity contribution in [2.45, 2.75) is 44.4 Å². The van der Waals surface area contributed by atoms with Crippen LogP contribution in [0.4, 0.5) is 5.82 Å². The Labute approximate surface area is 223 Å². The number of hydrogen-bond donors (Lipinski definition) is 1. The van der Waals surface area contributed by atoms with Gasteiger partial charge in [0.2, 0.25) is 0 Å². The molecule has 38 heavy (non-hydrogen) atoms. The van der Waals surface area contributed by atoms with E-state index in [0.717, 1.165) is 33.2 Å². The molecule has 3 aromatic carbocycles. The van der Waals surface area contributed by atoms with Gasteiger partial charge in [-0.15, -0.1) is 0 Å². The van der Waals surface area contributed by atoms with Crippen molar-refractivity contribution in [3.63, 3.8) is 0 Å². The van der Waals surface area contributed by atoms with Gasteiger partial charge in [-0.05, 0) is 71.2 Å². The number of nitrogen functional groups attached to an aromatic ring is 1. The van der Waals surface area contributed by atoms with E-state index in [1.165, 1.54) is 42.4 Å². The molecule has 2 N–H and O–H groups in total. The summed E-state index contributed by atoms with van der Waals surface area (Å²) >= 11 is 0. The molecule has 0 aliphatic heterocycles. The van der Waals surface area contributed by atoms with E-state index in [1.807, 2.05) is 49.4 Å². The van der Waals surface area contributed by atoms with E-state index in [4.69, 9.17) is 15.2 Å². The highest BCUT2D eigenvalue weighted by Gasteiger charge is 2.40. The molecule has 2 aliphatic carbocycles. The van der Waals surface area contributed by atoms with E-state index < -0.39 is 0 Å². The molecule has 0 bridgehead atoms. The highest BCUT2D eigenvalue weighted by Crippen LogP contribution is 2.51. The van der Waals surface area contributed by atoms with Crippen LogP contribution in [0.15, 0.2) is 79.0 Å². The van der Waals surface area contributed by atoms with Crippen molar-refractivity contribution < 1.29 is 14.3 Å². The highest BCUT2D eigenvalue weighted by atomic mass is 16.5.